The third-order valence-corrected chi connectivity index (χ3v) is 0. The fourth-order valence-corrected chi connectivity index (χ4v) is 0. The molecule has 0 rings (SSSR count). The SMILES string of the molecule is O.O.O.O.O.O.O.O.O.O.O.O.O=S(=O)([O-])[O-].O=S(=O)([O-])[O-].[Al].[Na+]. The summed E-state index contributed by atoms with van der Waals surface area (Å²) < 4.78 is 68.2. The molecule has 20 nitrogen and oxygen atoms in total. The van der Waals surface area contributed by atoms with Crippen LogP contribution in [0.2, 0.25) is 0 Å². The summed E-state index contributed by atoms with van der Waals surface area (Å²) in [6.45, 7) is 0. The summed E-state index contributed by atoms with van der Waals surface area (Å²) in [4.78, 5) is 0. The zero-order valence-electron chi connectivity index (χ0n) is 11.7. The average Bonchev–Trinajstić information content (AvgIpc) is 1.12. The topological polar surface area (TPSA) is 539 Å². The van der Waals surface area contributed by atoms with Crippen LogP contribution < -0.4 is 29.6 Å². The van der Waals surface area contributed by atoms with Crippen molar-refractivity contribution in [2.24, 2.45) is 0 Å². The molecule has 0 unspecified atom stereocenters. The van der Waals surface area contributed by atoms with Crippen LogP contribution in [0.15, 0.2) is 0 Å². The molecule has 0 saturated carbocycles. The number of hydrogen-bond acceptors (Lipinski definition) is 8. The minimum atomic E-state index is -5.17. The van der Waals surface area contributed by atoms with Gasteiger partial charge in [0.2, 0.25) is 0 Å². The molecule has 24 heavy (non-hydrogen) atoms. The predicted molar refractivity (Wildman–Crippen MR) is 70.1 cm³/mol. The van der Waals surface area contributed by atoms with Crippen molar-refractivity contribution in [3.05, 3.63) is 0 Å². The first kappa shape index (κ1) is 182. The van der Waals surface area contributed by atoms with Gasteiger partial charge >= 0.3 is 29.6 Å². The maximum Gasteiger partial charge on any atom is 1.00 e. The molecule has 0 aliphatic carbocycles. The standard InChI is InChI=1S/Al.Na.2H2O4S.12H2O/c;;2*1-5(2,3)4;;;;;;;;;;;;/h;;2*(H2,1,2,3,4);12*1H2/q;+1;;;;;;;;;;;;;;/p-4. The van der Waals surface area contributed by atoms with E-state index in [9.17, 15) is 0 Å². The Morgan fingerprint density at radius 1 is 0.375 bits per heavy atom. The summed E-state index contributed by atoms with van der Waals surface area (Å²) in [6, 6.07) is 0. The molecule has 163 valence electrons. The summed E-state index contributed by atoms with van der Waals surface area (Å²) in [5, 5.41) is 0. The van der Waals surface area contributed by atoms with Crippen LogP contribution in [0.4, 0.5) is 0 Å². The molecule has 24 N–H and O–H groups in total. The molecule has 0 saturated heterocycles. The van der Waals surface area contributed by atoms with Crippen LogP contribution in [0.1, 0.15) is 0 Å². The molecule has 0 fully saturated rings. The summed E-state index contributed by atoms with van der Waals surface area (Å²) in [6.07, 6.45) is 0. The van der Waals surface area contributed by atoms with Gasteiger partial charge in [0.1, 0.15) is 0 Å². The zero-order valence-corrected chi connectivity index (χ0v) is 16.4. The van der Waals surface area contributed by atoms with Crippen LogP contribution in [0.3, 0.4) is 0 Å². The van der Waals surface area contributed by atoms with Crippen molar-refractivity contribution in [3.63, 3.8) is 0 Å². The quantitative estimate of drug-likeness (QED) is 0.190. The van der Waals surface area contributed by atoms with Gasteiger partial charge in [-0.1, -0.05) is 0 Å². The molecule has 0 heterocycles. The summed E-state index contributed by atoms with van der Waals surface area (Å²) in [7, 11) is -10.3. The predicted octanol–water partition coefficient (Wildman–Crippen LogP) is -15.9. The van der Waals surface area contributed by atoms with Gasteiger partial charge in [-0.15, -0.1) is 0 Å². The maximum atomic E-state index is 8.52. The van der Waals surface area contributed by atoms with Gasteiger partial charge in [0.25, 0.3) is 0 Å². The largest absolute Gasteiger partial charge is 1.00 e. The maximum absolute atomic E-state index is 8.52. The van der Waals surface area contributed by atoms with Crippen LogP contribution in [0.5, 0.6) is 0 Å². The molecular weight excluding hydrogens is 434 g/mol. The van der Waals surface area contributed by atoms with Gasteiger partial charge in [0.05, 0.1) is 0 Å². The van der Waals surface area contributed by atoms with E-state index in [1.807, 2.05) is 0 Å². The molecule has 0 aliphatic heterocycles. The monoisotopic (exact) mass is 458 g/mol. The van der Waals surface area contributed by atoms with Gasteiger partial charge < -0.3 is 83.9 Å². The van der Waals surface area contributed by atoms with E-state index in [0.29, 0.717) is 0 Å². The number of rotatable bonds is 0. The van der Waals surface area contributed by atoms with Crippen LogP contribution >= 0.6 is 0 Å². The first-order valence-electron chi connectivity index (χ1n) is 1.33. The Balaban J connectivity index is -0.00000000241. The third-order valence-electron chi connectivity index (χ3n) is 0. The molecule has 0 atom stereocenters. The Hall–Kier alpha value is 0.792. The van der Waals surface area contributed by atoms with Crippen LogP contribution in [0.25, 0.3) is 0 Å². The van der Waals surface area contributed by atoms with E-state index in [-0.39, 0.29) is 113 Å². The normalized spacial score (nSPS) is 4.83. The van der Waals surface area contributed by atoms with Gasteiger partial charge in [-0.3, -0.25) is 16.8 Å². The van der Waals surface area contributed by atoms with E-state index in [0.717, 1.165) is 0 Å². The smallest absolute Gasteiger partial charge is 0.759 e. The van der Waals surface area contributed by atoms with E-state index < -0.39 is 20.8 Å². The summed E-state index contributed by atoms with van der Waals surface area (Å²) in [5.41, 5.74) is 0. The van der Waals surface area contributed by atoms with Crippen molar-refractivity contribution >= 4 is 38.2 Å². The molecule has 24 heteroatoms. The average molecular weight is 458 g/mol. The van der Waals surface area contributed by atoms with Crippen LogP contribution in [-0.4, -0.2) is 118 Å². The second kappa shape index (κ2) is 75.5. The minimum absolute atomic E-state index is 0. The third kappa shape index (κ3) is 17200. The molecule has 0 aromatic carbocycles. The van der Waals surface area contributed by atoms with Crippen molar-refractivity contribution in [1.29, 1.82) is 0 Å². The zero-order chi connectivity index (χ0) is 9.00. The van der Waals surface area contributed by atoms with Gasteiger partial charge in [0, 0.05) is 38.2 Å². The van der Waals surface area contributed by atoms with Gasteiger partial charge in [-0.05, 0) is 0 Å². The van der Waals surface area contributed by atoms with Gasteiger partial charge in [-0.25, -0.2) is 0 Å². The Morgan fingerprint density at radius 3 is 0.375 bits per heavy atom. The van der Waals surface area contributed by atoms with E-state index in [4.69, 9.17) is 35.0 Å². The van der Waals surface area contributed by atoms with E-state index in [1.165, 1.54) is 0 Å². The van der Waals surface area contributed by atoms with Crippen LogP contribution in [-0.2, 0) is 20.8 Å². The second-order valence-electron chi connectivity index (χ2n) is 0.816. The molecule has 0 bridgehead atoms. The summed E-state index contributed by atoms with van der Waals surface area (Å²) in [5.74, 6) is 0. The molecule has 0 spiro atoms. The van der Waals surface area contributed by atoms with Gasteiger partial charge in [-0.2, -0.15) is 0 Å². The van der Waals surface area contributed by atoms with Crippen molar-refractivity contribution in [2.75, 3.05) is 0 Å². The Labute approximate surface area is 168 Å². The van der Waals surface area contributed by atoms with E-state index >= 15 is 0 Å². The molecule has 0 aliphatic rings. The molecular formula is H24AlNaO20S2-3. The van der Waals surface area contributed by atoms with Crippen molar-refractivity contribution in [1.82, 2.24) is 0 Å². The number of hydrogen-bond donors (Lipinski definition) is 0. The Bertz CT molecular complexity index is 218. The van der Waals surface area contributed by atoms with E-state index in [1.54, 1.807) is 0 Å². The first-order valence-corrected chi connectivity index (χ1v) is 4.00. The summed E-state index contributed by atoms with van der Waals surface area (Å²) >= 11 is 0. The minimum Gasteiger partial charge on any atom is -0.759 e. The van der Waals surface area contributed by atoms with Gasteiger partial charge in [0.15, 0.2) is 0 Å². The first-order chi connectivity index (χ1) is 4.00. The van der Waals surface area contributed by atoms with Crippen LogP contribution in [0, 0.1) is 0 Å². The van der Waals surface area contributed by atoms with Crippen molar-refractivity contribution in [2.45, 2.75) is 0 Å². The molecule has 0 aromatic heterocycles. The van der Waals surface area contributed by atoms with E-state index in [2.05, 4.69) is 0 Å². The Morgan fingerprint density at radius 2 is 0.375 bits per heavy atom. The van der Waals surface area contributed by atoms with Crippen molar-refractivity contribution in [3.8, 4) is 0 Å². The molecule has 3 radical (unpaired) electrons. The fraction of sp³-hybridized carbons (Fsp3) is 0. The Kier molecular flexibility index (Phi) is 571. The second-order valence-corrected chi connectivity index (χ2v) is 2.45. The van der Waals surface area contributed by atoms with Crippen molar-refractivity contribution < 1.29 is 130 Å². The molecule has 0 amide bonds. The fourth-order valence-electron chi connectivity index (χ4n) is 0. The molecule has 0 aromatic rings.